The molecule has 2 N–H and O–H groups in total. The van der Waals surface area contributed by atoms with Crippen LogP contribution in [0.25, 0.3) is 0 Å². The van der Waals surface area contributed by atoms with Crippen LogP contribution in [0, 0.1) is 18.3 Å². The van der Waals surface area contributed by atoms with E-state index in [9.17, 15) is 14.7 Å². The molecule has 114 valence electrons. The largest absolute Gasteiger partial charge is 0.481 e. The van der Waals surface area contributed by atoms with Crippen molar-refractivity contribution in [1.82, 2.24) is 15.2 Å². The van der Waals surface area contributed by atoms with Crippen LogP contribution in [0.2, 0.25) is 0 Å². The Morgan fingerprint density at radius 2 is 2.43 bits per heavy atom. The lowest BCUT2D eigenvalue weighted by Gasteiger charge is -2.23. The maximum Gasteiger partial charge on any atom is 0.317 e. The van der Waals surface area contributed by atoms with Gasteiger partial charge in [-0.05, 0) is 25.7 Å². The molecule has 2 heterocycles. The third kappa shape index (κ3) is 2.50. The van der Waals surface area contributed by atoms with Crippen molar-refractivity contribution in [3.63, 3.8) is 0 Å². The molecule has 1 aliphatic heterocycles. The quantitative estimate of drug-likeness (QED) is 0.892. The van der Waals surface area contributed by atoms with E-state index in [1.54, 1.807) is 22.4 Å². The first kappa shape index (κ1) is 14.3. The Morgan fingerprint density at radius 1 is 1.62 bits per heavy atom. The summed E-state index contributed by atoms with van der Waals surface area (Å²) in [6.07, 6.45) is 4.30. The average Bonchev–Trinajstić information content (AvgIpc) is 3.09. The van der Waals surface area contributed by atoms with Gasteiger partial charge in [-0.3, -0.25) is 4.79 Å². The average molecular weight is 309 g/mol. The predicted octanol–water partition coefficient (Wildman–Crippen LogP) is 1.85. The zero-order valence-corrected chi connectivity index (χ0v) is 12.8. The van der Waals surface area contributed by atoms with E-state index in [0.717, 1.165) is 22.7 Å². The summed E-state index contributed by atoms with van der Waals surface area (Å²) in [6, 6.07) is -0.170. The van der Waals surface area contributed by atoms with Crippen molar-refractivity contribution in [3.8, 4) is 0 Å². The van der Waals surface area contributed by atoms with Crippen LogP contribution in [-0.4, -0.2) is 40.1 Å². The third-order valence-electron chi connectivity index (χ3n) is 4.67. The Labute approximate surface area is 127 Å². The summed E-state index contributed by atoms with van der Waals surface area (Å²) in [5.74, 6) is -0.648. The predicted molar refractivity (Wildman–Crippen MR) is 78.1 cm³/mol. The molecule has 2 fully saturated rings. The molecule has 1 saturated heterocycles. The molecule has 1 aromatic heterocycles. The van der Waals surface area contributed by atoms with Gasteiger partial charge in [-0.2, -0.15) is 0 Å². The highest BCUT2D eigenvalue weighted by Crippen LogP contribution is 2.48. The van der Waals surface area contributed by atoms with Crippen molar-refractivity contribution < 1.29 is 14.7 Å². The van der Waals surface area contributed by atoms with Gasteiger partial charge >= 0.3 is 12.0 Å². The lowest BCUT2D eigenvalue weighted by Crippen LogP contribution is -2.41. The molecular formula is C14H19N3O3S. The normalized spacial score (nSPS) is 27.7. The van der Waals surface area contributed by atoms with E-state index >= 15 is 0 Å². The Kier molecular flexibility index (Phi) is 3.61. The molecule has 3 rings (SSSR count). The van der Waals surface area contributed by atoms with Crippen LogP contribution >= 0.6 is 11.3 Å². The number of aryl methyl sites for hydroxylation is 1. The summed E-state index contributed by atoms with van der Waals surface area (Å²) in [5, 5.41) is 13.4. The van der Waals surface area contributed by atoms with E-state index in [-0.39, 0.29) is 11.9 Å². The molecule has 0 bridgehead atoms. The van der Waals surface area contributed by atoms with Crippen LogP contribution in [0.15, 0.2) is 6.20 Å². The SMILES string of the molecule is Cc1ncc(CNC(=O)N2C[C@@H]3CCC[C@@]3(C(=O)O)C2)s1. The molecule has 2 amide bonds. The molecule has 0 radical (unpaired) electrons. The number of aromatic nitrogens is 1. The van der Waals surface area contributed by atoms with E-state index < -0.39 is 11.4 Å². The summed E-state index contributed by atoms with van der Waals surface area (Å²) < 4.78 is 0. The second kappa shape index (κ2) is 5.29. The van der Waals surface area contributed by atoms with Gasteiger partial charge in [0.05, 0.1) is 17.0 Å². The fourth-order valence-corrected chi connectivity index (χ4v) is 4.29. The number of hydrogen-bond donors (Lipinski definition) is 2. The standard InChI is InChI=1S/C14H19N3O3S/c1-9-15-5-11(21-9)6-16-13(20)17-7-10-3-2-4-14(10,8-17)12(18)19/h5,10H,2-4,6-8H2,1H3,(H,16,20)(H,18,19)/t10-,14+/m0/s1. The van der Waals surface area contributed by atoms with Gasteiger partial charge in [0.25, 0.3) is 0 Å². The number of likely N-dealkylation sites (tertiary alicyclic amines) is 1. The lowest BCUT2D eigenvalue weighted by atomic mass is 9.81. The van der Waals surface area contributed by atoms with Gasteiger partial charge in [-0.15, -0.1) is 11.3 Å². The van der Waals surface area contributed by atoms with Gasteiger partial charge in [-0.1, -0.05) is 6.42 Å². The third-order valence-corrected chi connectivity index (χ3v) is 5.58. The van der Waals surface area contributed by atoms with Gasteiger partial charge in [0.2, 0.25) is 0 Å². The van der Waals surface area contributed by atoms with Crippen molar-refractivity contribution >= 4 is 23.3 Å². The Balaban J connectivity index is 1.61. The van der Waals surface area contributed by atoms with E-state index in [1.807, 2.05) is 6.92 Å². The van der Waals surface area contributed by atoms with Gasteiger partial charge in [0.1, 0.15) is 0 Å². The first-order chi connectivity index (χ1) is 10.0. The minimum absolute atomic E-state index is 0.103. The Bertz CT molecular complexity index is 574. The number of carbonyl (C=O) groups excluding carboxylic acids is 1. The van der Waals surface area contributed by atoms with E-state index in [1.165, 1.54) is 0 Å². The van der Waals surface area contributed by atoms with Crippen LogP contribution in [-0.2, 0) is 11.3 Å². The number of nitrogens with one attached hydrogen (secondary N) is 1. The molecule has 21 heavy (non-hydrogen) atoms. The molecule has 0 aromatic carbocycles. The van der Waals surface area contributed by atoms with E-state index in [2.05, 4.69) is 10.3 Å². The number of nitrogens with zero attached hydrogens (tertiary/aromatic N) is 2. The molecule has 1 aliphatic carbocycles. The summed E-state index contributed by atoms with van der Waals surface area (Å²) in [5.41, 5.74) is -0.710. The highest BCUT2D eigenvalue weighted by Gasteiger charge is 2.55. The maximum atomic E-state index is 12.2. The lowest BCUT2D eigenvalue weighted by molar-refractivity contribution is -0.149. The maximum absolute atomic E-state index is 12.2. The Hall–Kier alpha value is -1.63. The Morgan fingerprint density at radius 3 is 3.05 bits per heavy atom. The molecule has 7 heteroatoms. The zero-order valence-electron chi connectivity index (χ0n) is 12.0. The van der Waals surface area contributed by atoms with Crippen LogP contribution in [0.1, 0.15) is 29.1 Å². The molecular weight excluding hydrogens is 290 g/mol. The van der Waals surface area contributed by atoms with Gasteiger partial charge in [-0.25, -0.2) is 9.78 Å². The number of amides is 2. The number of fused-ring (bicyclic) bond motifs is 1. The van der Waals surface area contributed by atoms with E-state index in [0.29, 0.717) is 26.1 Å². The van der Waals surface area contributed by atoms with Crippen LogP contribution < -0.4 is 5.32 Å². The number of carbonyl (C=O) groups is 2. The summed E-state index contributed by atoms with van der Waals surface area (Å²) >= 11 is 1.55. The minimum Gasteiger partial charge on any atom is -0.481 e. The van der Waals surface area contributed by atoms with Crippen LogP contribution in [0.3, 0.4) is 0 Å². The smallest absolute Gasteiger partial charge is 0.317 e. The van der Waals surface area contributed by atoms with Gasteiger partial charge in [0, 0.05) is 24.2 Å². The molecule has 2 aliphatic rings. The van der Waals surface area contributed by atoms with Crippen molar-refractivity contribution in [1.29, 1.82) is 0 Å². The number of thiazole rings is 1. The number of rotatable bonds is 3. The molecule has 6 nitrogen and oxygen atoms in total. The second-order valence-corrected chi connectivity index (χ2v) is 7.25. The first-order valence-electron chi connectivity index (χ1n) is 7.19. The molecule has 2 atom stereocenters. The fraction of sp³-hybridized carbons (Fsp3) is 0.643. The van der Waals surface area contributed by atoms with Crippen molar-refractivity contribution in [2.45, 2.75) is 32.7 Å². The van der Waals surface area contributed by atoms with Crippen LogP contribution in [0.5, 0.6) is 0 Å². The van der Waals surface area contributed by atoms with Gasteiger partial charge < -0.3 is 15.3 Å². The van der Waals surface area contributed by atoms with Crippen molar-refractivity contribution in [2.24, 2.45) is 11.3 Å². The monoisotopic (exact) mass is 309 g/mol. The summed E-state index contributed by atoms with van der Waals surface area (Å²) in [7, 11) is 0. The second-order valence-electron chi connectivity index (χ2n) is 5.94. The number of aliphatic carboxylic acids is 1. The minimum atomic E-state index is -0.751. The number of carboxylic acids is 1. The van der Waals surface area contributed by atoms with Crippen LogP contribution in [0.4, 0.5) is 4.79 Å². The first-order valence-corrected chi connectivity index (χ1v) is 8.00. The number of urea groups is 1. The topological polar surface area (TPSA) is 82.5 Å². The fourth-order valence-electron chi connectivity index (χ4n) is 3.56. The van der Waals surface area contributed by atoms with Crippen molar-refractivity contribution in [3.05, 3.63) is 16.1 Å². The van der Waals surface area contributed by atoms with E-state index in [4.69, 9.17) is 0 Å². The summed E-state index contributed by atoms with van der Waals surface area (Å²) in [6.45, 7) is 3.26. The molecule has 0 spiro atoms. The van der Waals surface area contributed by atoms with Crippen molar-refractivity contribution in [2.75, 3.05) is 13.1 Å². The zero-order chi connectivity index (χ0) is 15.0. The van der Waals surface area contributed by atoms with Gasteiger partial charge in [0.15, 0.2) is 0 Å². The summed E-state index contributed by atoms with van der Waals surface area (Å²) in [4.78, 5) is 30.6. The molecule has 0 unspecified atom stereocenters. The highest BCUT2D eigenvalue weighted by atomic mass is 32.1. The molecule has 1 saturated carbocycles. The highest BCUT2D eigenvalue weighted by molar-refractivity contribution is 7.11. The number of hydrogen-bond acceptors (Lipinski definition) is 4. The molecule has 1 aromatic rings. The number of carboxylic acid groups (broad SMARTS) is 1.